The lowest BCUT2D eigenvalue weighted by Crippen LogP contribution is -2.18. The first-order chi connectivity index (χ1) is 9.08. The monoisotopic (exact) mass is 326 g/mol. The van der Waals surface area contributed by atoms with Gasteiger partial charge >= 0.3 is 0 Å². The van der Waals surface area contributed by atoms with Crippen LogP contribution >= 0.6 is 15.9 Å². The second-order valence-corrected chi connectivity index (χ2v) is 6.06. The van der Waals surface area contributed by atoms with Crippen LogP contribution in [0.2, 0.25) is 0 Å². The Morgan fingerprint density at radius 1 is 1.26 bits per heavy atom. The van der Waals surface area contributed by atoms with Crippen molar-refractivity contribution in [1.29, 1.82) is 0 Å². The Hall–Kier alpha value is -1.10. The summed E-state index contributed by atoms with van der Waals surface area (Å²) in [6.45, 7) is 1.78. The molecule has 0 saturated heterocycles. The fraction of sp³-hybridized carbons (Fsp3) is 0.571. The highest BCUT2D eigenvalue weighted by Gasteiger charge is 2.17. The van der Waals surface area contributed by atoms with Gasteiger partial charge in [-0.3, -0.25) is 10.1 Å². The second-order valence-electron chi connectivity index (χ2n) is 5.21. The first kappa shape index (κ1) is 14.3. The molecule has 0 unspecified atom stereocenters. The van der Waals surface area contributed by atoms with E-state index in [1.807, 2.05) is 6.07 Å². The Balaban J connectivity index is 2.16. The molecular weight excluding hydrogens is 308 g/mol. The number of halogens is 1. The highest BCUT2D eigenvalue weighted by molar-refractivity contribution is 9.10. The van der Waals surface area contributed by atoms with Crippen molar-refractivity contribution in [2.45, 2.75) is 51.5 Å². The Morgan fingerprint density at radius 3 is 2.47 bits per heavy atom. The van der Waals surface area contributed by atoms with E-state index in [0.717, 1.165) is 10.2 Å². The topological polar surface area (TPSA) is 55.2 Å². The number of nitrogens with one attached hydrogen (secondary N) is 1. The van der Waals surface area contributed by atoms with E-state index in [0.29, 0.717) is 11.6 Å². The Bertz CT molecular complexity index is 469. The number of hydrogen-bond acceptors (Lipinski definition) is 3. The molecule has 0 heterocycles. The molecule has 104 valence electrons. The summed E-state index contributed by atoms with van der Waals surface area (Å²) >= 11 is 3.43. The summed E-state index contributed by atoms with van der Waals surface area (Å²) in [5, 5.41) is 14.4. The standard InChI is InChI=1S/C14H19BrN2O2/c1-10-8-13(12(15)9-14(10)17(18)19)16-11-6-4-2-3-5-7-11/h8-9,11,16H,2-7H2,1H3. The SMILES string of the molecule is Cc1cc(NC2CCCCCC2)c(Br)cc1[N+](=O)[O-]. The molecular formula is C14H19BrN2O2. The van der Waals surface area contributed by atoms with Gasteiger partial charge in [0.1, 0.15) is 0 Å². The molecule has 0 aliphatic heterocycles. The van der Waals surface area contributed by atoms with Gasteiger partial charge < -0.3 is 5.32 Å². The van der Waals surface area contributed by atoms with Gasteiger partial charge in [-0.05, 0) is 41.8 Å². The molecule has 1 aliphatic carbocycles. The number of nitrogens with zero attached hydrogens (tertiary/aromatic N) is 1. The molecule has 2 rings (SSSR count). The van der Waals surface area contributed by atoms with Gasteiger partial charge in [0, 0.05) is 27.8 Å². The quantitative estimate of drug-likeness (QED) is 0.493. The summed E-state index contributed by atoms with van der Waals surface area (Å²) in [6, 6.07) is 3.95. The third kappa shape index (κ3) is 3.69. The van der Waals surface area contributed by atoms with Crippen LogP contribution in [-0.2, 0) is 0 Å². The Labute approximate surface area is 121 Å². The third-order valence-electron chi connectivity index (χ3n) is 3.70. The zero-order valence-electron chi connectivity index (χ0n) is 11.1. The molecule has 1 aromatic rings. The molecule has 0 radical (unpaired) electrons. The normalized spacial score (nSPS) is 16.9. The van der Waals surface area contributed by atoms with Crippen LogP contribution in [0.4, 0.5) is 11.4 Å². The van der Waals surface area contributed by atoms with E-state index in [1.54, 1.807) is 13.0 Å². The third-order valence-corrected chi connectivity index (χ3v) is 4.35. The van der Waals surface area contributed by atoms with Gasteiger partial charge in [0.05, 0.1) is 4.92 Å². The van der Waals surface area contributed by atoms with E-state index in [-0.39, 0.29) is 10.6 Å². The lowest BCUT2D eigenvalue weighted by molar-refractivity contribution is -0.385. The Morgan fingerprint density at radius 2 is 1.89 bits per heavy atom. The van der Waals surface area contributed by atoms with Crippen LogP contribution in [-0.4, -0.2) is 11.0 Å². The summed E-state index contributed by atoms with van der Waals surface area (Å²) in [7, 11) is 0. The molecule has 4 nitrogen and oxygen atoms in total. The van der Waals surface area contributed by atoms with Crippen molar-refractivity contribution in [3.63, 3.8) is 0 Å². The summed E-state index contributed by atoms with van der Waals surface area (Å²) in [6.07, 6.45) is 7.53. The molecule has 1 N–H and O–H groups in total. The zero-order chi connectivity index (χ0) is 13.8. The summed E-state index contributed by atoms with van der Waals surface area (Å²) in [5.74, 6) is 0. The zero-order valence-corrected chi connectivity index (χ0v) is 12.7. The van der Waals surface area contributed by atoms with Gasteiger partial charge in [-0.25, -0.2) is 0 Å². The number of hydrogen-bond donors (Lipinski definition) is 1. The fourth-order valence-electron chi connectivity index (χ4n) is 2.62. The predicted octanol–water partition coefficient (Wildman–Crippen LogP) is 4.80. The molecule has 5 heteroatoms. The maximum absolute atomic E-state index is 10.9. The Kier molecular flexibility index (Phi) is 4.80. The maximum Gasteiger partial charge on any atom is 0.273 e. The molecule has 0 aromatic heterocycles. The molecule has 0 amide bonds. The molecule has 19 heavy (non-hydrogen) atoms. The molecule has 0 spiro atoms. The lowest BCUT2D eigenvalue weighted by atomic mass is 10.1. The molecule has 1 fully saturated rings. The van der Waals surface area contributed by atoms with Gasteiger partial charge in [0.2, 0.25) is 0 Å². The van der Waals surface area contributed by atoms with E-state index in [1.165, 1.54) is 38.5 Å². The van der Waals surface area contributed by atoms with Crippen molar-refractivity contribution in [3.05, 3.63) is 32.3 Å². The molecule has 0 bridgehead atoms. The lowest BCUT2D eigenvalue weighted by Gasteiger charge is -2.19. The maximum atomic E-state index is 10.9. The van der Waals surface area contributed by atoms with Crippen molar-refractivity contribution in [2.24, 2.45) is 0 Å². The minimum Gasteiger partial charge on any atom is -0.381 e. The van der Waals surface area contributed by atoms with E-state index in [4.69, 9.17) is 0 Å². The van der Waals surface area contributed by atoms with Crippen molar-refractivity contribution in [1.82, 2.24) is 0 Å². The second kappa shape index (κ2) is 6.37. The summed E-state index contributed by atoms with van der Waals surface area (Å²) < 4.78 is 0.772. The molecule has 1 saturated carbocycles. The van der Waals surface area contributed by atoms with Crippen LogP contribution in [0, 0.1) is 17.0 Å². The van der Waals surface area contributed by atoms with E-state index < -0.39 is 0 Å². The smallest absolute Gasteiger partial charge is 0.273 e. The van der Waals surface area contributed by atoms with Crippen molar-refractivity contribution < 1.29 is 4.92 Å². The summed E-state index contributed by atoms with van der Waals surface area (Å²) in [5.41, 5.74) is 1.83. The number of aryl methyl sites for hydroxylation is 1. The summed E-state index contributed by atoms with van der Waals surface area (Å²) in [4.78, 5) is 10.5. The number of nitro benzene ring substituents is 1. The fourth-order valence-corrected chi connectivity index (χ4v) is 3.07. The van der Waals surface area contributed by atoms with Gasteiger partial charge in [-0.2, -0.15) is 0 Å². The molecule has 1 aromatic carbocycles. The van der Waals surface area contributed by atoms with Crippen molar-refractivity contribution >= 4 is 27.3 Å². The van der Waals surface area contributed by atoms with Gasteiger partial charge in [0.25, 0.3) is 5.69 Å². The number of benzene rings is 1. The van der Waals surface area contributed by atoms with Crippen LogP contribution in [0.15, 0.2) is 16.6 Å². The van der Waals surface area contributed by atoms with Crippen molar-refractivity contribution in [2.75, 3.05) is 5.32 Å². The average Bonchev–Trinajstić information content (AvgIpc) is 2.61. The van der Waals surface area contributed by atoms with Crippen LogP contribution in [0.5, 0.6) is 0 Å². The van der Waals surface area contributed by atoms with Gasteiger partial charge in [-0.15, -0.1) is 0 Å². The van der Waals surface area contributed by atoms with Gasteiger partial charge in [0.15, 0.2) is 0 Å². The van der Waals surface area contributed by atoms with E-state index in [2.05, 4.69) is 21.2 Å². The minimum absolute atomic E-state index is 0.165. The minimum atomic E-state index is -0.338. The molecule has 0 atom stereocenters. The van der Waals surface area contributed by atoms with E-state index in [9.17, 15) is 10.1 Å². The van der Waals surface area contributed by atoms with Crippen LogP contribution in [0.3, 0.4) is 0 Å². The number of rotatable bonds is 3. The number of anilines is 1. The molecule has 1 aliphatic rings. The van der Waals surface area contributed by atoms with Crippen LogP contribution in [0.1, 0.15) is 44.1 Å². The van der Waals surface area contributed by atoms with Crippen molar-refractivity contribution in [3.8, 4) is 0 Å². The van der Waals surface area contributed by atoms with E-state index >= 15 is 0 Å². The first-order valence-corrected chi connectivity index (χ1v) is 7.58. The largest absolute Gasteiger partial charge is 0.381 e. The number of nitro groups is 1. The highest BCUT2D eigenvalue weighted by atomic mass is 79.9. The predicted molar refractivity (Wildman–Crippen MR) is 80.6 cm³/mol. The van der Waals surface area contributed by atoms with Crippen LogP contribution in [0.25, 0.3) is 0 Å². The average molecular weight is 327 g/mol. The van der Waals surface area contributed by atoms with Gasteiger partial charge in [-0.1, -0.05) is 25.7 Å². The van der Waals surface area contributed by atoms with Crippen LogP contribution < -0.4 is 5.32 Å². The first-order valence-electron chi connectivity index (χ1n) is 6.79. The highest BCUT2D eigenvalue weighted by Crippen LogP contribution is 2.32.